The summed E-state index contributed by atoms with van der Waals surface area (Å²) in [5.41, 5.74) is 0. The van der Waals surface area contributed by atoms with Crippen LogP contribution in [0.4, 0.5) is 0 Å². The quantitative estimate of drug-likeness (QED) is 0.921. The molecule has 1 atom stereocenters. The zero-order valence-corrected chi connectivity index (χ0v) is 13.4. The van der Waals surface area contributed by atoms with E-state index >= 15 is 0 Å². The van der Waals surface area contributed by atoms with E-state index in [4.69, 9.17) is 0 Å². The molecule has 1 saturated heterocycles. The SMILES string of the molecule is CN(C)C1CCN(S(=O)(=O)c2cnc(O)c3ccccc23)C1. The minimum atomic E-state index is -3.62. The number of hydrogen-bond acceptors (Lipinski definition) is 5. The lowest BCUT2D eigenvalue weighted by molar-refractivity contribution is 0.302. The molecule has 3 rings (SSSR count). The molecule has 1 aliphatic heterocycles. The minimum absolute atomic E-state index is 0.151. The van der Waals surface area contributed by atoms with Crippen LogP contribution < -0.4 is 0 Å². The highest BCUT2D eigenvalue weighted by molar-refractivity contribution is 7.89. The average Bonchev–Trinajstić information content (AvgIpc) is 2.98. The van der Waals surface area contributed by atoms with Crippen LogP contribution in [0.1, 0.15) is 6.42 Å². The third-order valence-electron chi connectivity index (χ3n) is 4.21. The molecule has 0 bridgehead atoms. The smallest absolute Gasteiger partial charge is 0.245 e. The number of likely N-dealkylation sites (N-methyl/N-ethyl adjacent to an activating group) is 1. The topological polar surface area (TPSA) is 73.7 Å². The Labute approximate surface area is 130 Å². The molecule has 1 fully saturated rings. The van der Waals surface area contributed by atoms with Crippen molar-refractivity contribution in [3.05, 3.63) is 30.5 Å². The molecular weight excluding hydrogens is 302 g/mol. The second-order valence-corrected chi connectivity index (χ2v) is 7.67. The Morgan fingerprint density at radius 2 is 1.95 bits per heavy atom. The van der Waals surface area contributed by atoms with E-state index in [9.17, 15) is 13.5 Å². The van der Waals surface area contributed by atoms with Gasteiger partial charge in [-0.05, 0) is 26.6 Å². The predicted octanol–water partition coefficient (Wildman–Crippen LogP) is 1.26. The summed E-state index contributed by atoms with van der Waals surface area (Å²) in [5, 5.41) is 10.8. The third kappa shape index (κ3) is 2.45. The Balaban J connectivity index is 2.06. The van der Waals surface area contributed by atoms with Gasteiger partial charge in [0.05, 0.1) is 6.20 Å². The van der Waals surface area contributed by atoms with Gasteiger partial charge in [0, 0.05) is 29.9 Å². The summed E-state index contributed by atoms with van der Waals surface area (Å²) in [6, 6.07) is 7.10. The van der Waals surface area contributed by atoms with E-state index in [0.29, 0.717) is 23.9 Å². The fourth-order valence-corrected chi connectivity index (χ4v) is 4.48. The van der Waals surface area contributed by atoms with Crippen LogP contribution in [-0.4, -0.2) is 60.9 Å². The van der Waals surface area contributed by atoms with Gasteiger partial charge >= 0.3 is 0 Å². The molecule has 1 aromatic carbocycles. The van der Waals surface area contributed by atoms with Crippen LogP contribution in [0.5, 0.6) is 5.88 Å². The number of benzene rings is 1. The summed E-state index contributed by atoms with van der Waals surface area (Å²) in [7, 11) is 0.298. The zero-order chi connectivity index (χ0) is 15.9. The lowest BCUT2D eigenvalue weighted by atomic mass is 10.2. The van der Waals surface area contributed by atoms with Gasteiger partial charge in [-0.15, -0.1) is 0 Å². The zero-order valence-electron chi connectivity index (χ0n) is 12.6. The number of sulfonamides is 1. The van der Waals surface area contributed by atoms with Crippen molar-refractivity contribution >= 4 is 20.8 Å². The maximum absolute atomic E-state index is 12.9. The molecule has 0 radical (unpaired) electrons. The number of nitrogens with zero attached hydrogens (tertiary/aromatic N) is 3. The van der Waals surface area contributed by atoms with Crippen molar-refractivity contribution in [2.75, 3.05) is 27.2 Å². The highest BCUT2D eigenvalue weighted by Crippen LogP contribution is 2.31. The summed E-state index contributed by atoms with van der Waals surface area (Å²) in [5.74, 6) is -0.151. The average molecular weight is 321 g/mol. The molecule has 0 amide bonds. The van der Waals surface area contributed by atoms with Gasteiger partial charge in [0.15, 0.2) is 0 Å². The van der Waals surface area contributed by atoms with Crippen molar-refractivity contribution in [1.29, 1.82) is 0 Å². The Bertz CT molecular complexity index is 805. The van der Waals surface area contributed by atoms with E-state index in [2.05, 4.69) is 4.98 Å². The van der Waals surface area contributed by atoms with Gasteiger partial charge in [-0.1, -0.05) is 18.2 Å². The molecule has 0 aliphatic carbocycles. The van der Waals surface area contributed by atoms with Crippen molar-refractivity contribution in [1.82, 2.24) is 14.2 Å². The normalized spacial score (nSPS) is 20.0. The minimum Gasteiger partial charge on any atom is -0.493 e. The van der Waals surface area contributed by atoms with Crippen LogP contribution in [0, 0.1) is 0 Å². The molecule has 0 saturated carbocycles. The number of pyridine rings is 1. The molecule has 0 spiro atoms. The van der Waals surface area contributed by atoms with Crippen LogP contribution in [0.25, 0.3) is 10.8 Å². The van der Waals surface area contributed by atoms with Crippen LogP contribution in [-0.2, 0) is 10.0 Å². The molecule has 1 N–H and O–H groups in total. The molecule has 2 heterocycles. The summed E-state index contributed by atoms with van der Waals surface area (Å²) in [4.78, 5) is 6.04. The summed E-state index contributed by atoms with van der Waals surface area (Å²) in [6.45, 7) is 0.977. The van der Waals surface area contributed by atoms with Gasteiger partial charge in [0.2, 0.25) is 15.9 Å². The van der Waals surface area contributed by atoms with E-state index in [-0.39, 0.29) is 16.8 Å². The van der Waals surface area contributed by atoms with Gasteiger partial charge in [-0.25, -0.2) is 13.4 Å². The van der Waals surface area contributed by atoms with E-state index in [1.54, 1.807) is 24.3 Å². The molecular formula is C15H19N3O3S. The fourth-order valence-electron chi connectivity index (χ4n) is 2.85. The van der Waals surface area contributed by atoms with Crippen molar-refractivity contribution in [3.8, 4) is 5.88 Å². The first-order valence-electron chi connectivity index (χ1n) is 7.14. The van der Waals surface area contributed by atoms with E-state index in [0.717, 1.165) is 6.42 Å². The van der Waals surface area contributed by atoms with Gasteiger partial charge in [-0.3, -0.25) is 0 Å². The molecule has 2 aromatic rings. The number of aromatic hydroxyl groups is 1. The highest BCUT2D eigenvalue weighted by Gasteiger charge is 2.34. The molecule has 1 unspecified atom stereocenters. The van der Waals surface area contributed by atoms with Crippen molar-refractivity contribution in [3.63, 3.8) is 0 Å². The Morgan fingerprint density at radius 3 is 2.59 bits per heavy atom. The number of fused-ring (bicyclic) bond motifs is 1. The molecule has 1 aliphatic rings. The Kier molecular flexibility index (Phi) is 3.80. The van der Waals surface area contributed by atoms with Crippen molar-refractivity contribution in [2.24, 2.45) is 0 Å². The maximum atomic E-state index is 12.9. The number of hydrogen-bond donors (Lipinski definition) is 1. The lowest BCUT2D eigenvalue weighted by Gasteiger charge is -2.20. The highest BCUT2D eigenvalue weighted by atomic mass is 32.2. The standard InChI is InChI=1S/C15H19N3O3S/c1-17(2)11-7-8-18(10-11)22(20,21)14-9-16-15(19)13-6-4-3-5-12(13)14/h3-6,9,11H,7-8,10H2,1-2H3,(H,16,19). The van der Waals surface area contributed by atoms with E-state index in [1.807, 2.05) is 19.0 Å². The summed E-state index contributed by atoms with van der Waals surface area (Å²) in [6.07, 6.45) is 2.06. The second kappa shape index (κ2) is 5.49. The first kappa shape index (κ1) is 15.2. The lowest BCUT2D eigenvalue weighted by Crippen LogP contribution is -2.34. The molecule has 7 heteroatoms. The van der Waals surface area contributed by atoms with Crippen LogP contribution in [0.15, 0.2) is 35.4 Å². The van der Waals surface area contributed by atoms with Crippen LogP contribution >= 0.6 is 0 Å². The van der Waals surface area contributed by atoms with Crippen LogP contribution in [0.2, 0.25) is 0 Å². The number of rotatable bonds is 3. The predicted molar refractivity (Wildman–Crippen MR) is 84.3 cm³/mol. The first-order valence-corrected chi connectivity index (χ1v) is 8.58. The first-order chi connectivity index (χ1) is 10.4. The Hall–Kier alpha value is -1.70. The molecule has 6 nitrogen and oxygen atoms in total. The summed E-state index contributed by atoms with van der Waals surface area (Å²) < 4.78 is 27.3. The monoisotopic (exact) mass is 321 g/mol. The largest absolute Gasteiger partial charge is 0.493 e. The third-order valence-corrected chi connectivity index (χ3v) is 6.10. The van der Waals surface area contributed by atoms with Gasteiger partial charge in [0.25, 0.3) is 0 Å². The number of aromatic nitrogens is 1. The van der Waals surface area contributed by atoms with Gasteiger partial charge in [0.1, 0.15) is 4.90 Å². The molecule has 1 aromatic heterocycles. The summed E-state index contributed by atoms with van der Waals surface area (Å²) >= 11 is 0. The molecule has 22 heavy (non-hydrogen) atoms. The van der Waals surface area contributed by atoms with Crippen molar-refractivity contribution in [2.45, 2.75) is 17.4 Å². The van der Waals surface area contributed by atoms with Crippen molar-refractivity contribution < 1.29 is 13.5 Å². The Morgan fingerprint density at radius 1 is 1.27 bits per heavy atom. The fraction of sp³-hybridized carbons (Fsp3) is 0.400. The second-order valence-electron chi connectivity index (χ2n) is 5.76. The van der Waals surface area contributed by atoms with E-state index < -0.39 is 10.0 Å². The maximum Gasteiger partial charge on any atom is 0.245 e. The van der Waals surface area contributed by atoms with Gasteiger partial charge in [-0.2, -0.15) is 4.31 Å². The molecule has 118 valence electrons. The van der Waals surface area contributed by atoms with Crippen LogP contribution in [0.3, 0.4) is 0 Å². The van der Waals surface area contributed by atoms with E-state index in [1.165, 1.54) is 10.5 Å². The van der Waals surface area contributed by atoms with Gasteiger partial charge < -0.3 is 10.0 Å².